The van der Waals surface area contributed by atoms with Crippen LogP contribution in [0.4, 0.5) is 5.69 Å². The lowest BCUT2D eigenvalue weighted by molar-refractivity contribution is -0.115. The number of thioether (sulfide) groups is 1. The van der Waals surface area contributed by atoms with Gasteiger partial charge in [0.2, 0.25) is 0 Å². The van der Waals surface area contributed by atoms with Crippen LogP contribution in [0.2, 0.25) is 0 Å². The molecule has 1 aliphatic heterocycles. The second kappa shape index (κ2) is 10.5. The maximum Gasteiger partial charge on any atom is 0.264 e. The standard InChI is InChI=1S/C29H24N2O3S/c1-2-33-25-15-11-24(12-16-25)30-29-31-28(32)27(35-29)18-20-8-13-26(14-9-20)34-19-21-7-10-22-5-3-4-6-23(22)17-21/h3-18H,2,19H2,1H3,(H,30,31,32)/b27-18+. The Morgan fingerprint density at radius 1 is 0.857 bits per heavy atom. The number of fused-ring (bicyclic) bond motifs is 1. The Kier molecular flexibility index (Phi) is 6.82. The molecule has 35 heavy (non-hydrogen) atoms. The zero-order valence-electron chi connectivity index (χ0n) is 19.2. The van der Waals surface area contributed by atoms with Crippen LogP contribution in [0, 0.1) is 0 Å². The molecule has 0 radical (unpaired) electrons. The van der Waals surface area contributed by atoms with E-state index in [4.69, 9.17) is 9.47 Å². The van der Waals surface area contributed by atoms with E-state index in [9.17, 15) is 4.79 Å². The molecule has 1 fully saturated rings. The maximum absolute atomic E-state index is 12.4. The topological polar surface area (TPSA) is 59.9 Å². The largest absolute Gasteiger partial charge is 0.494 e. The minimum absolute atomic E-state index is 0.156. The Labute approximate surface area is 208 Å². The molecule has 5 nitrogen and oxygen atoms in total. The van der Waals surface area contributed by atoms with Crippen molar-refractivity contribution < 1.29 is 14.3 Å². The van der Waals surface area contributed by atoms with Gasteiger partial charge < -0.3 is 14.8 Å². The third kappa shape index (κ3) is 5.73. The number of nitrogens with one attached hydrogen (secondary N) is 1. The minimum Gasteiger partial charge on any atom is -0.494 e. The predicted molar refractivity (Wildman–Crippen MR) is 143 cm³/mol. The van der Waals surface area contributed by atoms with Gasteiger partial charge in [0.15, 0.2) is 5.17 Å². The molecule has 4 aromatic carbocycles. The smallest absolute Gasteiger partial charge is 0.264 e. The summed E-state index contributed by atoms with van der Waals surface area (Å²) in [4.78, 5) is 17.5. The van der Waals surface area contributed by atoms with Gasteiger partial charge in [-0.15, -0.1) is 0 Å². The highest BCUT2D eigenvalue weighted by molar-refractivity contribution is 8.18. The van der Waals surface area contributed by atoms with Gasteiger partial charge in [0.05, 0.1) is 17.2 Å². The molecule has 1 amide bonds. The molecule has 0 aromatic heterocycles. The molecule has 1 aliphatic rings. The highest BCUT2D eigenvalue weighted by Gasteiger charge is 2.23. The first-order chi connectivity index (χ1) is 17.2. The van der Waals surface area contributed by atoms with Gasteiger partial charge >= 0.3 is 0 Å². The van der Waals surface area contributed by atoms with Crippen LogP contribution in [-0.4, -0.2) is 17.7 Å². The minimum atomic E-state index is -0.156. The lowest BCUT2D eigenvalue weighted by Crippen LogP contribution is -2.19. The molecule has 5 rings (SSSR count). The number of hydrogen-bond acceptors (Lipinski definition) is 5. The van der Waals surface area contributed by atoms with Crippen LogP contribution < -0.4 is 14.8 Å². The van der Waals surface area contributed by atoms with Gasteiger partial charge in [0.1, 0.15) is 18.1 Å². The lowest BCUT2D eigenvalue weighted by Gasteiger charge is -2.08. The molecular weight excluding hydrogens is 456 g/mol. The average molecular weight is 481 g/mol. The van der Waals surface area contributed by atoms with Crippen molar-refractivity contribution in [3.05, 3.63) is 107 Å². The molecule has 6 heteroatoms. The van der Waals surface area contributed by atoms with Crippen molar-refractivity contribution in [2.75, 3.05) is 6.61 Å². The number of rotatable bonds is 7. The Balaban J connectivity index is 1.21. The lowest BCUT2D eigenvalue weighted by atomic mass is 10.1. The van der Waals surface area contributed by atoms with E-state index in [2.05, 4.69) is 40.6 Å². The summed E-state index contributed by atoms with van der Waals surface area (Å²) >= 11 is 1.32. The SMILES string of the molecule is CCOc1ccc(N=C2NC(=O)/C(=C\c3ccc(OCc4ccc5ccccc5c4)cc3)S2)cc1. The summed E-state index contributed by atoms with van der Waals surface area (Å²) in [5, 5.41) is 5.80. The van der Waals surface area contributed by atoms with Crippen molar-refractivity contribution >= 4 is 45.4 Å². The highest BCUT2D eigenvalue weighted by Crippen LogP contribution is 2.29. The average Bonchev–Trinajstić information content (AvgIpc) is 3.23. The molecule has 0 atom stereocenters. The van der Waals surface area contributed by atoms with Gasteiger partial charge in [-0.3, -0.25) is 4.79 Å². The molecule has 4 aromatic rings. The number of nitrogens with zero attached hydrogens (tertiary/aromatic N) is 1. The van der Waals surface area contributed by atoms with Gasteiger partial charge in [0, 0.05) is 0 Å². The van der Waals surface area contributed by atoms with Crippen molar-refractivity contribution in [1.29, 1.82) is 0 Å². The quantitative estimate of drug-likeness (QED) is 0.299. The highest BCUT2D eigenvalue weighted by atomic mass is 32.2. The Bertz CT molecular complexity index is 1410. The second-order valence-electron chi connectivity index (χ2n) is 7.95. The number of amides is 1. The fourth-order valence-electron chi connectivity index (χ4n) is 3.69. The van der Waals surface area contributed by atoms with Crippen LogP contribution in [0.1, 0.15) is 18.1 Å². The third-order valence-corrected chi connectivity index (χ3v) is 6.34. The van der Waals surface area contributed by atoms with Gasteiger partial charge in [-0.1, -0.05) is 48.5 Å². The van der Waals surface area contributed by atoms with Crippen molar-refractivity contribution in [3.8, 4) is 11.5 Å². The van der Waals surface area contributed by atoms with E-state index in [-0.39, 0.29) is 5.91 Å². The summed E-state index contributed by atoms with van der Waals surface area (Å²) in [5.41, 5.74) is 2.79. The predicted octanol–water partition coefficient (Wildman–Crippen LogP) is 6.71. The van der Waals surface area contributed by atoms with Crippen LogP contribution in [0.25, 0.3) is 16.8 Å². The van der Waals surface area contributed by atoms with Crippen LogP contribution in [0.5, 0.6) is 11.5 Å². The van der Waals surface area contributed by atoms with Gasteiger partial charge in [-0.2, -0.15) is 0 Å². The van der Waals surface area contributed by atoms with Crippen molar-refractivity contribution in [3.63, 3.8) is 0 Å². The Hall–Kier alpha value is -4.03. The molecule has 0 bridgehead atoms. The molecule has 1 saturated heterocycles. The molecule has 0 spiro atoms. The van der Waals surface area contributed by atoms with Crippen molar-refractivity contribution in [1.82, 2.24) is 5.32 Å². The number of hydrogen-bond donors (Lipinski definition) is 1. The monoisotopic (exact) mass is 480 g/mol. The second-order valence-corrected chi connectivity index (χ2v) is 8.98. The van der Waals surface area contributed by atoms with Crippen LogP contribution in [0.3, 0.4) is 0 Å². The van der Waals surface area contributed by atoms with Gasteiger partial charge in [0.25, 0.3) is 5.91 Å². The zero-order valence-corrected chi connectivity index (χ0v) is 20.0. The van der Waals surface area contributed by atoms with Crippen LogP contribution in [0.15, 0.2) is 101 Å². The van der Waals surface area contributed by atoms with E-state index >= 15 is 0 Å². The number of aliphatic imine (C=N–C) groups is 1. The van der Waals surface area contributed by atoms with Crippen molar-refractivity contribution in [2.24, 2.45) is 4.99 Å². The Morgan fingerprint density at radius 2 is 1.57 bits per heavy atom. The van der Waals surface area contributed by atoms with E-state index < -0.39 is 0 Å². The van der Waals surface area contributed by atoms with Gasteiger partial charge in [-0.05, 0) is 89.1 Å². The van der Waals surface area contributed by atoms with Crippen molar-refractivity contribution in [2.45, 2.75) is 13.5 Å². The molecular formula is C29H24N2O3S. The summed E-state index contributed by atoms with van der Waals surface area (Å²) in [6, 6.07) is 29.8. The van der Waals surface area contributed by atoms with E-state index in [1.165, 1.54) is 22.5 Å². The summed E-state index contributed by atoms with van der Waals surface area (Å²) in [6.07, 6.45) is 1.85. The Morgan fingerprint density at radius 3 is 2.34 bits per heavy atom. The molecule has 0 saturated carbocycles. The zero-order chi connectivity index (χ0) is 24.0. The number of carbonyl (C=O) groups is 1. The number of benzene rings is 4. The maximum atomic E-state index is 12.4. The van der Waals surface area contributed by atoms with Crippen LogP contribution in [-0.2, 0) is 11.4 Å². The summed E-state index contributed by atoms with van der Waals surface area (Å²) in [7, 11) is 0. The van der Waals surface area contributed by atoms with E-state index in [1.54, 1.807) is 0 Å². The number of ether oxygens (including phenoxy) is 2. The molecule has 1 heterocycles. The normalized spacial score (nSPS) is 15.5. The first-order valence-corrected chi connectivity index (χ1v) is 12.2. The van der Waals surface area contributed by atoms with E-state index in [0.29, 0.717) is 23.3 Å². The first-order valence-electron chi connectivity index (χ1n) is 11.4. The third-order valence-electron chi connectivity index (χ3n) is 5.43. The van der Waals surface area contributed by atoms with Crippen LogP contribution >= 0.6 is 11.8 Å². The number of amidine groups is 1. The van der Waals surface area contributed by atoms with E-state index in [1.807, 2.05) is 73.7 Å². The first kappa shape index (κ1) is 22.7. The summed E-state index contributed by atoms with van der Waals surface area (Å²) in [6.45, 7) is 3.06. The fourth-order valence-corrected chi connectivity index (χ4v) is 4.53. The summed E-state index contributed by atoms with van der Waals surface area (Å²) < 4.78 is 11.4. The summed E-state index contributed by atoms with van der Waals surface area (Å²) in [5.74, 6) is 1.42. The fraction of sp³-hybridized carbons (Fsp3) is 0.103. The molecule has 0 aliphatic carbocycles. The molecule has 174 valence electrons. The number of carbonyl (C=O) groups excluding carboxylic acids is 1. The van der Waals surface area contributed by atoms with Gasteiger partial charge in [-0.25, -0.2) is 4.99 Å². The molecule has 1 N–H and O–H groups in total. The molecule has 0 unspecified atom stereocenters. The van der Waals surface area contributed by atoms with E-state index in [0.717, 1.165) is 28.3 Å².